The number of benzene rings is 3. The summed E-state index contributed by atoms with van der Waals surface area (Å²) in [4.78, 5) is 12.9. The Labute approximate surface area is 204 Å². The van der Waals surface area contributed by atoms with Gasteiger partial charge in [-0.15, -0.1) is 0 Å². The minimum absolute atomic E-state index is 0.0783. The van der Waals surface area contributed by atoms with Gasteiger partial charge in [0.1, 0.15) is 18.1 Å². The van der Waals surface area contributed by atoms with Gasteiger partial charge in [0.15, 0.2) is 6.10 Å². The average molecular weight is 501 g/mol. The number of nitrogens with one attached hydrogen (secondary N) is 1. The van der Waals surface area contributed by atoms with E-state index in [4.69, 9.17) is 21.1 Å². The van der Waals surface area contributed by atoms with E-state index in [-0.39, 0.29) is 24.6 Å². The number of hydrogen-bond donors (Lipinski definition) is 1. The number of carbonyl (C=O) groups is 1. The van der Waals surface area contributed by atoms with Crippen LogP contribution < -0.4 is 19.1 Å². The lowest BCUT2D eigenvalue weighted by Gasteiger charge is -2.34. The van der Waals surface area contributed by atoms with Crippen LogP contribution in [0.2, 0.25) is 5.02 Å². The summed E-state index contributed by atoms with van der Waals surface area (Å²) in [5.74, 6) is 0.618. The van der Waals surface area contributed by atoms with Crippen molar-refractivity contribution in [3.05, 3.63) is 82.9 Å². The SMILES string of the molecule is Cc1ccc(OCCNC(=O)[C@H]2CN(S(=O)(=O)c3ccc(Cl)cc3)c3ccccc3O2)cc1C. The van der Waals surface area contributed by atoms with Gasteiger partial charge in [0.05, 0.1) is 23.7 Å². The molecule has 0 bridgehead atoms. The Morgan fingerprint density at radius 1 is 1.09 bits per heavy atom. The standard InChI is InChI=1S/C25H25ClN2O5S/c1-17-7-10-20(15-18(17)2)32-14-13-27-25(29)24-16-28(22-5-3-4-6-23(22)33-24)34(30,31)21-11-8-19(26)9-12-21/h3-12,15,24H,13-14,16H2,1-2H3,(H,27,29)/t24-/m1/s1. The van der Waals surface area contributed by atoms with Crippen LogP contribution in [0.15, 0.2) is 71.6 Å². The Hall–Kier alpha value is -3.23. The molecule has 4 rings (SSSR count). The topological polar surface area (TPSA) is 84.9 Å². The molecular weight excluding hydrogens is 476 g/mol. The van der Waals surface area contributed by atoms with Crippen molar-refractivity contribution < 1.29 is 22.7 Å². The van der Waals surface area contributed by atoms with Crippen LogP contribution in [0.1, 0.15) is 11.1 Å². The highest BCUT2D eigenvalue weighted by molar-refractivity contribution is 7.92. The summed E-state index contributed by atoms with van der Waals surface area (Å²) < 4.78 is 39.5. The first-order valence-corrected chi connectivity index (χ1v) is 12.6. The molecule has 0 saturated heterocycles. The van der Waals surface area contributed by atoms with E-state index in [0.717, 1.165) is 11.3 Å². The maximum absolute atomic E-state index is 13.4. The summed E-state index contributed by atoms with van der Waals surface area (Å²) in [5.41, 5.74) is 2.67. The Balaban J connectivity index is 1.45. The quantitative estimate of drug-likeness (QED) is 0.493. The van der Waals surface area contributed by atoms with E-state index in [1.54, 1.807) is 24.3 Å². The number of hydrogen-bond acceptors (Lipinski definition) is 5. The molecule has 34 heavy (non-hydrogen) atoms. The van der Waals surface area contributed by atoms with Crippen LogP contribution in [0.25, 0.3) is 0 Å². The lowest BCUT2D eigenvalue weighted by Crippen LogP contribution is -2.51. The number of amides is 1. The van der Waals surface area contributed by atoms with Crippen LogP contribution in [0, 0.1) is 13.8 Å². The number of rotatable bonds is 7. The van der Waals surface area contributed by atoms with Crippen molar-refractivity contribution in [2.45, 2.75) is 24.8 Å². The molecule has 0 unspecified atom stereocenters. The first kappa shape index (κ1) is 23.9. The molecule has 0 aliphatic carbocycles. The van der Waals surface area contributed by atoms with Crippen molar-refractivity contribution in [1.82, 2.24) is 5.32 Å². The Morgan fingerprint density at radius 3 is 2.56 bits per heavy atom. The smallest absolute Gasteiger partial charge is 0.264 e. The van der Waals surface area contributed by atoms with Crippen LogP contribution in [-0.4, -0.2) is 40.1 Å². The summed E-state index contributed by atoms with van der Waals surface area (Å²) in [6, 6.07) is 18.4. The Kier molecular flexibility index (Phi) is 7.00. The number of sulfonamides is 1. The number of fused-ring (bicyclic) bond motifs is 1. The third-order valence-corrected chi connectivity index (χ3v) is 7.62. The number of nitrogens with zero attached hydrogens (tertiary/aromatic N) is 1. The third kappa shape index (κ3) is 5.13. The molecule has 1 atom stereocenters. The molecule has 0 saturated carbocycles. The number of halogens is 1. The summed E-state index contributed by atoms with van der Waals surface area (Å²) >= 11 is 5.92. The van der Waals surface area contributed by atoms with Gasteiger partial charge in [-0.05, 0) is 73.5 Å². The highest BCUT2D eigenvalue weighted by Crippen LogP contribution is 2.36. The van der Waals surface area contributed by atoms with Gasteiger partial charge in [0.2, 0.25) is 0 Å². The summed E-state index contributed by atoms with van der Waals surface area (Å²) in [6.07, 6.45) is -1.02. The monoisotopic (exact) mass is 500 g/mol. The summed E-state index contributed by atoms with van der Waals surface area (Å²) in [7, 11) is -3.94. The largest absolute Gasteiger partial charge is 0.492 e. The summed E-state index contributed by atoms with van der Waals surface area (Å²) in [5, 5.41) is 3.20. The lowest BCUT2D eigenvalue weighted by molar-refractivity contribution is -0.127. The second-order valence-electron chi connectivity index (χ2n) is 7.95. The van der Waals surface area contributed by atoms with Crippen LogP contribution in [-0.2, 0) is 14.8 Å². The van der Waals surface area contributed by atoms with E-state index in [1.165, 1.54) is 34.1 Å². The molecule has 0 radical (unpaired) electrons. The molecule has 1 amide bonds. The highest BCUT2D eigenvalue weighted by atomic mass is 35.5. The first-order chi connectivity index (χ1) is 16.3. The molecule has 7 nitrogen and oxygen atoms in total. The van der Waals surface area contributed by atoms with E-state index in [0.29, 0.717) is 16.5 Å². The highest BCUT2D eigenvalue weighted by Gasteiger charge is 2.37. The molecule has 1 N–H and O–H groups in total. The summed E-state index contributed by atoms with van der Waals surface area (Å²) in [6.45, 7) is 4.39. The minimum Gasteiger partial charge on any atom is -0.492 e. The molecule has 0 aromatic heterocycles. The molecule has 3 aromatic rings. The molecule has 3 aromatic carbocycles. The zero-order valence-corrected chi connectivity index (χ0v) is 20.4. The number of para-hydroxylation sites is 2. The zero-order chi connectivity index (χ0) is 24.3. The fraction of sp³-hybridized carbons (Fsp3) is 0.240. The molecule has 1 aliphatic rings. The van der Waals surface area contributed by atoms with Crippen molar-refractivity contribution in [2.75, 3.05) is 24.0 Å². The fourth-order valence-electron chi connectivity index (χ4n) is 3.56. The van der Waals surface area contributed by atoms with Crippen molar-refractivity contribution >= 4 is 33.2 Å². The maximum Gasteiger partial charge on any atom is 0.264 e. The molecule has 0 fully saturated rings. The first-order valence-electron chi connectivity index (χ1n) is 10.8. The van der Waals surface area contributed by atoms with Gasteiger partial charge in [0, 0.05) is 5.02 Å². The third-order valence-electron chi connectivity index (χ3n) is 5.58. The molecule has 1 heterocycles. The predicted octanol–water partition coefficient (Wildman–Crippen LogP) is 4.11. The van der Waals surface area contributed by atoms with Gasteiger partial charge in [-0.25, -0.2) is 8.42 Å². The van der Waals surface area contributed by atoms with Crippen molar-refractivity contribution in [3.63, 3.8) is 0 Å². The van der Waals surface area contributed by atoms with E-state index < -0.39 is 22.0 Å². The van der Waals surface area contributed by atoms with Crippen molar-refractivity contribution in [3.8, 4) is 11.5 Å². The number of carbonyl (C=O) groups excluding carboxylic acids is 1. The van der Waals surface area contributed by atoms with E-state index in [9.17, 15) is 13.2 Å². The number of anilines is 1. The van der Waals surface area contributed by atoms with E-state index in [2.05, 4.69) is 5.32 Å². The van der Waals surface area contributed by atoms with E-state index >= 15 is 0 Å². The van der Waals surface area contributed by atoms with Gasteiger partial charge in [-0.1, -0.05) is 29.8 Å². The van der Waals surface area contributed by atoms with Crippen LogP contribution in [0.5, 0.6) is 11.5 Å². The zero-order valence-electron chi connectivity index (χ0n) is 18.8. The molecule has 178 valence electrons. The normalized spacial score (nSPS) is 15.3. The minimum atomic E-state index is -3.94. The molecular formula is C25H25ClN2O5S. The Morgan fingerprint density at radius 2 is 1.82 bits per heavy atom. The average Bonchev–Trinajstić information content (AvgIpc) is 2.83. The van der Waals surface area contributed by atoms with Gasteiger partial charge in [-0.3, -0.25) is 9.10 Å². The van der Waals surface area contributed by atoms with E-state index in [1.807, 2.05) is 32.0 Å². The van der Waals surface area contributed by atoms with Gasteiger partial charge < -0.3 is 14.8 Å². The van der Waals surface area contributed by atoms with Crippen LogP contribution in [0.3, 0.4) is 0 Å². The fourth-order valence-corrected chi connectivity index (χ4v) is 5.16. The van der Waals surface area contributed by atoms with Gasteiger partial charge in [0.25, 0.3) is 15.9 Å². The molecule has 9 heteroatoms. The lowest BCUT2D eigenvalue weighted by atomic mass is 10.1. The van der Waals surface area contributed by atoms with Crippen molar-refractivity contribution in [2.24, 2.45) is 0 Å². The second-order valence-corrected chi connectivity index (χ2v) is 10.2. The van der Waals surface area contributed by atoms with Crippen molar-refractivity contribution in [1.29, 1.82) is 0 Å². The number of aryl methyl sites for hydroxylation is 2. The maximum atomic E-state index is 13.4. The Bertz CT molecular complexity index is 1290. The molecule has 1 aliphatic heterocycles. The van der Waals surface area contributed by atoms with Gasteiger partial charge >= 0.3 is 0 Å². The van der Waals surface area contributed by atoms with Crippen LogP contribution >= 0.6 is 11.6 Å². The van der Waals surface area contributed by atoms with Crippen LogP contribution in [0.4, 0.5) is 5.69 Å². The van der Waals surface area contributed by atoms with Gasteiger partial charge in [-0.2, -0.15) is 0 Å². The predicted molar refractivity (Wildman–Crippen MR) is 131 cm³/mol. The second kappa shape index (κ2) is 9.95. The molecule has 0 spiro atoms. The number of ether oxygens (including phenoxy) is 2.